The van der Waals surface area contributed by atoms with Gasteiger partial charge in [-0.15, -0.1) is 0 Å². The number of carbonyl (C=O) groups excluding carboxylic acids is 1. The van der Waals surface area contributed by atoms with E-state index in [1.54, 1.807) is 0 Å². The average molecular weight is 343 g/mol. The predicted molar refractivity (Wildman–Crippen MR) is 99.9 cm³/mol. The van der Waals surface area contributed by atoms with Gasteiger partial charge in [0.2, 0.25) is 5.91 Å². The fourth-order valence-corrected chi connectivity index (χ4v) is 2.68. The summed E-state index contributed by atoms with van der Waals surface area (Å²) in [6.07, 6.45) is 0.390. The molecular weight excluding hydrogens is 314 g/mol. The molecule has 1 heterocycles. The first-order chi connectivity index (χ1) is 11.9. The summed E-state index contributed by atoms with van der Waals surface area (Å²) in [7, 11) is 0. The second kappa shape index (κ2) is 8.81. The zero-order chi connectivity index (χ0) is 18.4. The molecule has 1 N–H and O–H groups in total. The average Bonchev–Trinajstić information content (AvgIpc) is 2.90. The number of hydrogen-bond donors (Lipinski definition) is 1. The zero-order valence-electron chi connectivity index (χ0n) is 15.9. The Morgan fingerprint density at radius 3 is 2.44 bits per heavy atom. The van der Waals surface area contributed by atoms with E-state index in [1.807, 2.05) is 49.7 Å². The van der Waals surface area contributed by atoms with Gasteiger partial charge in [-0.05, 0) is 50.5 Å². The Balaban J connectivity index is 1.88. The first-order valence-corrected chi connectivity index (χ1v) is 8.87. The summed E-state index contributed by atoms with van der Waals surface area (Å²) in [5.41, 5.74) is 4.20. The molecule has 0 spiro atoms. The maximum absolute atomic E-state index is 12.0. The molecule has 2 rings (SSSR count). The van der Waals surface area contributed by atoms with Crippen LogP contribution in [0.15, 0.2) is 30.3 Å². The lowest BCUT2D eigenvalue weighted by atomic mass is 10.1. The van der Waals surface area contributed by atoms with Crippen LogP contribution in [0.3, 0.4) is 0 Å². The molecule has 0 bridgehead atoms. The van der Waals surface area contributed by atoms with Gasteiger partial charge < -0.3 is 10.1 Å². The number of aromatic nitrogens is 2. The van der Waals surface area contributed by atoms with Crippen molar-refractivity contribution in [2.75, 3.05) is 13.2 Å². The second-order valence-corrected chi connectivity index (χ2v) is 6.94. The summed E-state index contributed by atoms with van der Waals surface area (Å²) in [4.78, 5) is 12.0. The molecule has 0 unspecified atom stereocenters. The molecule has 0 aliphatic carbocycles. The van der Waals surface area contributed by atoms with Crippen LogP contribution in [0.5, 0.6) is 0 Å². The molecule has 0 radical (unpaired) electrons. The second-order valence-electron chi connectivity index (χ2n) is 6.94. The molecule has 136 valence electrons. The van der Waals surface area contributed by atoms with Gasteiger partial charge >= 0.3 is 0 Å². The van der Waals surface area contributed by atoms with E-state index in [0.717, 1.165) is 22.6 Å². The molecular formula is C20H29N3O2. The largest absolute Gasteiger partial charge is 0.381 e. The minimum Gasteiger partial charge on any atom is -0.381 e. The van der Waals surface area contributed by atoms with E-state index in [2.05, 4.69) is 30.3 Å². The molecule has 5 heteroatoms. The number of nitrogens with one attached hydrogen (secondary N) is 1. The molecule has 0 fully saturated rings. The summed E-state index contributed by atoms with van der Waals surface area (Å²) < 4.78 is 7.39. The third-order valence-electron chi connectivity index (χ3n) is 3.95. The summed E-state index contributed by atoms with van der Waals surface area (Å²) in [6.45, 7) is 11.4. The van der Waals surface area contributed by atoms with Crippen LogP contribution in [0, 0.1) is 19.8 Å². The molecule has 0 saturated heterocycles. The van der Waals surface area contributed by atoms with Crippen molar-refractivity contribution in [1.29, 1.82) is 0 Å². The van der Waals surface area contributed by atoms with E-state index < -0.39 is 0 Å². The van der Waals surface area contributed by atoms with Gasteiger partial charge in [0.15, 0.2) is 0 Å². The highest BCUT2D eigenvalue weighted by Gasteiger charge is 2.10. The predicted octanol–water partition coefficient (Wildman–Crippen LogP) is 3.73. The van der Waals surface area contributed by atoms with Gasteiger partial charge in [-0.2, -0.15) is 5.10 Å². The smallest absolute Gasteiger partial charge is 0.222 e. The van der Waals surface area contributed by atoms with Crippen molar-refractivity contribution in [3.05, 3.63) is 47.3 Å². The Bertz CT molecular complexity index is 689. The van der Waals surface area contributed by atoms with Gasteiger partial charge in [0.1, 0.15) is 0 Å². The van der Waals surface area contributed by atoms with Crippen LogP contribution in [0.4, 0.5) is 0 Å². The molecule has 1 atom stereocenters. The first-order valence-electron chi connectivity index (χ1n) is 8.87. The third-order valence-corrected chi connectivity index (χ3v) is 3.95. The van der Waals surface area contributed by atoms with Crippen molar-refractivity contribution < 1.29 is 9.53 Å². The van der Waals surface area contributed by atoms with Gasteiger partial charge in [-0.3, -0.25) is 4.79 Å². The summed E-state index contributed by atoms with van der Waals surface area (Å²) in [5.74, 6) is 0.501. The van der Waals surface area contributed by atoms with E-state index in [1.165, 1.54) is 0 Å². The highest BCUT2D eigenvalue weighted by atomic mass is 16.5. The van der Waals surface area contributed by atoms with E-state index >= 15 is 0 Å². The molecule has 1 amide bonds. The van der Waals surface area contributed by atoms with E-state index in [-0.39, 0.29) is 11.9 Å². The van der Waals surface area contributed by atoms with E-state index in [9.17, 15) is 4.79 Å². The van der Waals surface area contributed by atoms with Crippen LogP contribution in [0.25, 0.3) is 5.69 Å². The highest BCUT2D eigenvalue weighted by Crippen LogP contribution is 2.17. The number of benzene rings is 1. The summed E-state index contributed by atoms with van der Waals surface area (Å²) in [5, 5.41) is 7.51. The number of rotatable bonds is 8. The van der Waals surface area contributed by atoms with Gasteiger partial charge in [0.25, 0.3) is 0 Å². The van der Waals surface area contributed by atoms with Gasteiger partial charge in [0.05, 0.1) is 24.0 Å². The van der Waals surface area contributed by atoms with E-state index in [0.29, 0.717) is 25.6 Å². The Morgan fingerprint density at radius 1 is 1.20 bits per heavy atom. The molecule has 5 nitrogen and oxygen atoms in total. The van der Waals surface area contributed by atoms with Crippen LogP contribution in [-0.2, 0) is 9.53 Å². The topological polar surface area (TPSA) is 56.2 Å². The lowest BCUT2D eigenvalue weighted by molar-refractivity contribution is -0.122. The Kier molecular flexibility index (Phi) is 6.76. The lowest BCUT2D eigenvalue weighted by Gasteiger charge is -2.15. The number of nitrogens with zero attached hydrogens (tertiary/aromatic N) is 2. The molecule has 0 saturated carbocycles. The van der Waals surface area contributed by atoms with Gasteiger partial charge in [0, 0.05) is 18.7 Å². The Hall–Kier alpha value is -2.14. The van der Waals surface area contributed by atoms with Crippen LogP contribution >= 0.6 is 0 Å². The molecule has 0 aliphatic heterocycles. The van der Waals surface area contributed by atoms with Gasteiger partial charge in [-0.1, -0.05) is 26.0 Å². The maximum Gasteiger partial charge on any atom is 0.222 e. The standard InChI is InChI=1S/C20H29N3O2/c1-14(2)13-25-11-10-20(24)21-17(5)18-6-8-19(9-7-18)23-16(4)12-15(3)22-23/h6-9,12,14,17H,10-11,13H2,1-5H3,(H,21,24)/t17-/m0/s1. The maximum atomic E-state index is 12.0. The minimum atomic E-state index is -0.0351. The Labute approximate surface area is 150 Å². The van der Waals surface area contributed by atoms with Crippen LogP contribution in [-0.4, -0.2) is 28.9 Å². The molecule has 2 aromatic rings. The molecule has 25 heavy (non-hydrogen) atoms. The zero-order valence-corrected chi connectivity index (χ0v) is 15.9. The molecule has 1 aromatic heterocycles. The SMILES string of the molecule is Cc1cc(C)n(-c2ccc([C@H](C)NC(=O)CCOCC(C)C)cc2)n1. The van der Waals surface area contributed by atoms with Crippen molar-refractivity contribution in [3.63, 3.8) is 0 Å². The van der Waals surface area contributed by atoms with Crippen LogP contribution in [0.1, 0.15) is 50.2 Å². The van der Waals surface area contributed by atoms with Crippen molar-refractivity contribution in [1.82, 2.24) is 15.1 Å². The number of amides is 1. The number of carbonyl (C=O) groups is 1. The van der Waals surface area contributed by atoms with Gasteiger partial charge in [-0.25, -0.2) is 4.68 Å². The van der Waals surface area contributed by atoms with Crippen LogP contribution in [0.2, 0.25) is 0 Å². The van der Waals surface area contributed by atoms with Crippen LogP contribution < -0.4 is 5.32 Å². The molecule has 1 aromatic carbocycles. The number of ether oxygens (including phenoxy) is 1. The van der Waals surface area contributed by atoms with E-state index in [4.69, 9.17) is 4.74 Å². The number of aryl methyl sites for hydroxylation is 2. The molecule has 0 aliphatic rings. The number of hydrogen-bond acceptors (Lipinski definition) is 3. The Morgan fingerprint density at radius 2 is 1.88 bits per heavy atom. The first kappa shape index (κ1) is 19.2. The summed E-state index contributed by atoms with van der Waals surface area (Å²) >= 11 is 0. The summed E-state index contributed by atoms with van der Waals surface area (Å²) in [6, 6.07) is 10.1. The monoisotopic (exact) mass is 343 g/mol. The van der Waals surface area contributed by atoms with Crippen molar-refractivity contribution >= 4 is 5.91 Å². The third kappa shape index (κ3) is 5.71. The quantitative estimate of drug-likeness (QED) is 0.743. The fourth-order valence-electron chi connectivity index (χ4n) is 2.68. The fraction of sp³-hybridized carbons (Fsp3) is 0.500. The normalized spacial score (nSPS) is 12.4. The van der Waals surface area contributed by atoms with Crippen molar-refractivity contribution in [2.45, 2.75) is 47.1 Å². The minimum absolute atomic E-state index is 0.0129. The highest BCUT2D eigenvalue weighted by molar-refractivity contribution is 5.76. The van der Waals surface area contributed by atoms with Crippen molar-refractivity contribution in [2.24, 2.45) is 5.92 Å². The lowest BCUT2D eigenvalue weighted by Crippen LogP contribution is -2.27. The van der Waals surface area contributed by atoms with Crippen molar-refractivity contribution in [3.8, 4) is 5.69 Å².